The normalized spacial score (nSPS) is 15.8. The standard InChI is InChI=1S/C32H40N6O4/c1-22-6-7-29(42-20-28-8-10-36(28)3)17-30(22)32(39)34-23(2)24-14-25(27-18-33-37(19-27)12-13-40-4)16-26(15-24)31-9-11-38(35-31)21-41-5/h6-7,9,11,14-19,23,28H,8,10,12-13,20-21H2,1-5H3,(H,34,39)/t23-,28+/m1/s1. The SMILES string of the molecule is COCCn1cc(-c2cc(-c3ccn(COC)n3)cc([C@@H](C)NC(=O)c3cc(OC[C@@H]4CCN4C)ccc3C)c2)cn1. The average molecular weight is 573 g/mol. The number of carbonyl (C=O) groups excluding carboxylic acids is 1. The monoisotopic (exact) mass is 572 g/mol. The number of nitrogens with zero attached hydrogens (tertiary/aromatic N) is 5. The van der Waals surface area contributed by atoms with Crippen LogP contribution >= 0.6 is 0 Å². The van der Waals surface area contributed by atoms with Gasteiger partial charge in [0, 0.05) is 49.3 Å². The molecular weight excluding hydrogens is 532 g/mol. The van der Waals surface area contributed by atoms with Crippen LogP contribution in [0.2, 0.25) is 0 Å². The second kappa shape index (κ2) is 13.3. The van der Waals surface area contributed by atoms with E-state index in [1.54, 1.807) is 18.9 Å². The maximum absolute atomic E-state index is 13.5. The number of rotatable bonds is 13. The number of methoxy groups -OCH3 is 2. The summed E-state index contributed by atoms with van der Waals surface area (Å²) in [4.78, 5) is 15.8. The molecule has 4 aromatic rings. The highest BCUT2D eigenvalue weighted by Crippen LogP contribution is 2.30. The summed E-state index contributed by atoms with van der Waals surface area (Å²) >= 11 is 0. The number of hydrogen-bond donors (Lipinski definition) is 1. The number of likely N-dealkylation sites (N-methyl/N-ethyl adjacent to an activating group) is 1. The lowest BCUT2D eigenvalue weighted by molar-refractivity contribution is 0.0767. The van der Waals surface area contributed by atoms with Crippen molar-refractivity contribution >= 4 is 5.91 Å². The molecule has 1 fully saturated rings. The summed E-state index contributed by atoms with van der Waals surface area (Å²) in [7, 11) is 5.42. The zero-order valence-electron chi connectivity index (χ0n) is 25.0. The van der Waals surface area contributed by atoms with E-state index < -0.39 is 0 Å². The van der Waals surface area contributed by atoms with Crippen molar-refractivity contribution in [2.24, 2.45) is 0 Å². The number of benzene rings is 2. The lowest BCUT2D eigenvalue weighted by Gasteiger charge is -2.37. The predicted octanol–water partition coefficient (Wildman–Crippen LogP) is 4.55. The van der Waals surface area contributed by atoms with Gasteiger partial charge in [-0.25, -0.2) is 4.68 Å². The summed E-state index contributed by atoms with van der Waals surface area (Å²) in [6, 6.07) is 14.1. The van der Waals surface area contributed by atoms with Gasteiger partial charge in [-0.3, -0.25) is 14.4 Å². The van der Waals surface area contributed by atoms with Crippen molar-refractivity contribution in [3.8, 4) is 28.1 Å². The zero-order valence-corrected chi connectivity index (χ0v) is 25.0. The van der Waals surface area contributed by atoms with Crippen molar-refractivity contribution in [2.45, 2.75) is 45.6 Å². The lowest BCUT2D eigenvalue weighted by atomic mass is 9.96. The third-order valence-corrected chi connectivity index (χ3v) is 7.83. The molecule has 5 rings (SSSR count). The molecule has 2 aromatic heterocycles. The Morgan fingerprint density at radius 2 is 1.90 bits per heavy atom. The molecule has 0 radical (unpaired) electrons. The summed E-state index contributed by atoms with van der Waals surface area (Å²) in [6.07, 6.45) is 6.88. The number of likely N-dealkylation sites (tertiary alicyclic amines) is 1. The fourth-order valence-corrected chi connectivity index (χ4v) is 5.02. The van der Waals surface area contributed by atoms with E-state index in [1.807, 2.05) is 61.4 Å². The Kier molecular flexibility index (Phi) is 9.36. The van der Waals surface area contributed by atoms with Crippen LogP contribution in [0.25, 0.3) is 22.4 Å². The first-order valence-corrected chi connectivity index (χ1v) is 14.3. The third-order valence-electron chi connectivity index (χ3n) is 7.83. The number of carbonyl (C=O) groups is 1. The van der Waals surface area contributed by atoms with E-state index in [-0.39, 0.29) is 11.9 Å². The molecule has 0 spiro atoms. The van der Waals surface area contributed by atoms with Gasteiger partial charge in [-0.2, -0.15) is 10.2 Å². The minimum Gasteiger partial charge on any atom is -0.492 e. The van der Waals surface area contributed by atoms with Gasteiger partial charge in [0.2, 0.25) is 0 Å². The first-order chi connectivity index (χ1) is 20.3. The number of amides is 1. The highest BCUT2D eigenvalue weighted by atomic mass is 16.5. The molecule has 1 amide bonds. The molecule has 10 heteroatoms. The van der Waals surface area contributed by atoms with Gasteiger partial charge < -0.3 is 19.5 Å². The molecular formula is C32H40N6O4. The predicted molar refractivity (Wildman–Crippen MR) is 161 cm³/mol. The fourth-order valence-electron chi connectivity index (χ4n) is 5.02. The number of ether oxygens (including phenoxy) is 3. The highest BCUT2D eigenvalue weighted by Gasteiger charge is 2.25. The number of aromatic nitrogens is 4. The molecule has 0 bridgehead atoms. The molecule has 2 atom stereocenters. The summed E-state index contributed by atoms with van der Waals surface area (Å²) < 4.78 is 20.1. The molecule has 2 aromatic carbocycles. The van der Waals surface area contributed by atoms with E-state index in [1.165, 1.54) is 0 Å². The molecule has 0 saturated carbocycles. The summed E-state index contributed by atoms with van der Waals surface area (Å²) in [6.45, 7) is 7.26. The maximum atomic E-state index is 13.5. The fraction of sp³-hybridized carbons (Fsp3) is 0.406. The molecule has 42 heavy (non-hydrogen) atoms. The van der Waals surface area contributed by atoms with E-state index >= 15 is 0 Å². The van der Waals surface area contributed by atoms with E-state index in [0.29, 0.717) is 43.8 Å². The number of hydrogen-bond acceptors (Lipinski definition) is 7. The summed E-state index contributed by atoms with van der Waals surface area (Å²) in [5.41, 5.74) is 6.18. The van der Waals surface area contributed by atoms with Crippen molar-refractivity contribution in [3.63, 3.8) is 0 Å². The Hall–Kier alpha value is -3.99. The minimum atomic E-state index is -0.270. The minimum absolute atomic E-state index is 0.144. The number of nitrogens with one attached hydrogen (secondary N) is 1. The smallest absolute Gasteiger partial charge is 0.252 e. The molecule has 3 heterocycles. The van der Waals surface area contributed by atoms with Crippen LogP contribution in [0.4, 0.5) is 0 Å². The van der Waals surface area contributed by atoms with Gasteiger partial charge in [0.25, 0.3) is 5.91 Å². The first kappa shape index (κ1) is 29.5. The van der Waals surface area contributed by atoms with Crippen LogP contribution in [0.15, 0.2) is 61.1 Å². The average Bonchev–Trinajstić information content (AvgIpc) is 3.66. The topological polar surface area (TPSA) is 95.7 Å². The molecule has 0 unspecified atom stereocenters. The van der Waals surface area contributed by atoms with Crippen molar-refractivity contribution in [1.29, 1.82) is 0 Å². The van der Waals surface area contributed by atoms with Crippen LogP contribution in [-0.4, -0.2) is 77.4 Å². The summed E-state index contributed by atoms with van der Waals surface area (Å²) in [5, 5.41) is 12.4. The molecule has 1 N–H and O–H groups in total. The first-order valence-electron chi connectivity index (χ1n) is 14.3. The van der Waals surface area contributed by atoms with Gasteiger partial charge in [-0.05, 0) is 86.9 Å². The van der Waals surface area contributed by atoms with Gasteiger partial charge in [0.05, 0.1) is 31.1 Å². The van der Waals surface area contributed by atoms with Crippen LogP contribution < -0.4 is 10.1 Å². The zero-order chi connectivity index (χ0) is 29.6. The summed E-state index contributed by atoms with van der Waals surface area (Å²) in [5.74, 6) is 0.565. The Bertz CT molecular complexity index is 1510. The molecule has 10 nitrogen and oxygen atoms in total. The van der Waals surface area contributed by atoms with E-state index in [4.69, 9.17) is 14.2 Å². The maximum Gasteiger partial charge on any atom is 0.252 e. The van der Waals surface area contributed by atoms with Gasteiger partial charge in [-0.15, -0.1) is 0 Å². The Morgan fingerprint density at radius 3 is 2.64 bits per heavy atom. The molecule has 0 aliphatic carbocycles. The highest BCUT2D eigenvalue weighted by molar-refractivity contribution is 5.96. The second-order valence-corrected chi connectivity index (χ2v) is 10.9. The van der Waals surface area contributed by atoms with Crippen LogP contribution in [-0.2, 0) is 22.7 Å². The van der Waals surface area contributed by atoms with Crippen LogP contribution in [0.3, 0.4) is 0 Å². The Balaban J connectivity index is 1.39. The van der Waals surface area contributed by atoms with Crippen molar-refractivity contribution < 1.29 is 19.0 Å². The van der Waals surface area contributed by atoms with Gasteiger partial charge >= 0.3 is 0 Å². The van der Waals surface area contributed by atoms with Crippen molar-refractivity contribution in [3.05, 3.63) is 77.7 Å². The van der Waals surface area contributed by atoms with E-state index in [0.717, 1.165) is 46.5 Å². The Labute approximate surface area is 247 Å². The van der Waals surface area contributed by atoms with E-state index in [2.05, 4.69) is 45.7 Å². The van der Waals surface area contributed by atoms with Crippen LogP contribution in [0.1, 0.15) is 40.9 Å². The molecule has 1 aliphatic rings. The van der Waals surface area contributed by atoms with Crippen LogP contribution in [0.5, 0.6) is 5.75 Å². The van der Waals surface area contributed by atoms with Gasteiger partial charge in [-0.1, -0.05) is 6.07 Å². The van der Waals surface area contributed by atoms with Gasteiger partial charge in [0.1, 0.15) is 19.1 Å². The molecule has 1 aliphatic heterocycles. The quantitative estimate of drug-likeness (QED) is 0.251. The van der Waals surface area contributed by atoms with Crippen molar-refractivity contribution in [2.75, 3.05) is 41.0 Å². The molecule has 222 valence electrons. The van der Waals surface area contributed by atoms with Crippen molar-refractivity contribution in [1.82, 2.24) is 29.8 Å². The lowest BCUT2D eigenvalue weighted by Crippen LogP contribution is -2.48. The van der Waals surface area contributed by atoms with Gasteiger partial charge in [0.15, 0.2) is 0 Å². The number of aryl methyl sites for hydroxylation is 1. The third kappa shape index (κ3) is 6.89. The molecule has 1 saturated heterocycles. The Morgan fingerprint density at radius 1 is 1.07 bits per heavy atom. The van der Waals surface area contributed by atoms with E-state index in [9.17, 15) is 4.79 Å². The van der Waals surface area contributed by atoms with Crippen LogP contribution in [0, 0.1) is 6.92 Å². The largest absolute Gasteiger partial charge is 0.492 e. The second-order valence-electron chi connectivity index (χ2n) is 10.9.